The molecule has 1 N–H and O–H groups in total. The Morgan fingerprint density at radius 3 is 2.33 bits per heavy atom. The molecule has 4 heterocycles. The highest BCUT2D eigenvalue weighted by Crippen LogP contribution is 2.49. The zero-order chi connectivity index (χ0) is 22.6. The maximum absolute atomic E-state index is 12.1. The van der Waals surface area contributed by atoms with E-state index in [2.05, 4.69) is 37.1 Å². The number of hydrogen-bond acceptors (Lipinski definition) is 7. The van der Waals surface area contributed by atoms with Gasteiger partial charge in [0.2, 0.25) is 17.8 Å². The molecule has 2 unspecified atom stereocenters. The van der Waals surface area contributed by atoms with E-state index >= 15 is 0 Å². The number of amides is 1. The first kappa shape index (κ1) is 22.0. The molecule has 1 aliphatic carbocycles. The number of nitrogens with zero attached hydrogens (tertiary/aromatic N) is 6. The first-order valence-corrected chi connectivity index (χ1v) is 12.6. The Kier molecular flexibility index (Phi) is 6.69. The van der Waals surface area contributed by atoms with Gasteiger partial charge < -0.3 is 15.1 Å². The van der Waals surface area contributed by atoms with Crippen molar-refractivity contribution in [2.24, 2.45) is 17.8 Å². The maximum Gasteiger partial charge on any atom is 0.227 e. The average Bonchev–Trinajstić information content (AvgIpc) is 3.59. The van der Waals surface area contributed by atoms with Crippen molar-refractivity contribution in [3.05, 3.63) is 35.9 Å². The number of carbonyl (C=O) groups excluding carboxylic acids is 1. The lowest BCUT2D eigenvalue weighted by Crippen LogP contribution is -2.42. The molecule has 2 atom stereocenters. The molecule has 176 valence electrons. The van der Waals surface area contributed by atoms with Crippen LogP contribution in [-0.4, -0.2) is 63.5 Å². The Bertz CT molecular complexity index is 921. The minimum atomic E-state index is 0.179. The van der Waals surface area contributed by atoms with Crippen molar-refractivity contribution in [2.75, 3.05) is 42.9 Å². The lowest BCUT2D eigenvalue weighted by molar-refractivity contribution is -0.133. The molecule has 3 aliphatic rings. The van der Waals surface area contributed by atoms with Crippen LogP contribution in [0.25, 0.3) is 0 Å². The monoisotopic (exact) mass is 449 g/mol. The number of aromatic nitrogens is 4. The number of nitrogens with one attached hydrogen (secondary N) is 1. The highest BCUT2D eigenvalue weighted by Gasteiger charge is 2.43. The molecular weight excluding hydrogens is 414 g/mol. The van der Waals surface area contributed by atoms with Crippen LogP contribution in [0.1, 0.15) is 50.2 Å². The third-order valence-electron chi connectivity index (χ3n) is 7.57. The summed E-state index contributed by atoms with van der Waals surface area (Å²) in [7, 11) is 0. The van der Waals surface area contributed by atoms with Gasteiger partial charge in [-0.2, -0.15) is 0 Å². The number of aryl methyl sites for hydroxylation is 1. The molecule has 2 aromatic rings. The van der Waals surface area contributed by atoms with Gasteiger partial charge in [0.05, 0.1) is 6.42 Å². The van der Waals surface area contributed by atoms with Crippen LogP contribution in [0.3, 0.4) is 0 Å². The molecule has 1 saturated carbocycles. The van der Waals surface area contributed by atoms with E-state index < -0.39 is 0 Å². The molecule has 2 saturated heterocycles. The third-order valence-corrected chi connectivity index (χ3v) is 7.57. The van der Waals surface area contributed by atoms with Crippen LogP contribution < -0.4 is 10.2 Å². The molecule has 2 aromatic heterocycles. The van der Waals surface area contributed by atoms with Crippen LogP contribution in [-0.2, 0) is 17.6 Å². The second-order valence-electron chi connectivity index (χ2n) is 9.77. The minimum absolute atomic E-state index is 0.179. The second kappa shape index (κ2) is 10.0. The van der Waals surface area contributed by atoms with Gasteiger partial charge in [-0.3, -0.25) is 4.79 Å². The fraction of sp³-hybridized carbons (Fsp3) is 0.640. The number of likely N-dealkylation sites (tertiary alicyclic amines) is 1. The fourth-order valence-electron chi connectivity index (χ4n) is 5.16. The largest absolute Gasteiger partial charge is 0.354 e. The number of piperidine rings is 1. The van der Waals surface area contributed by atoms with Crippen LogP contribution in [0.5, 0.6) is 0 Å². The van der Waals surface area contributed by atoms with Crippen LogP contribution in [0.15, 0.2) is 24.8 Å². The molecule has 1 amide bonds. The standard InChI is InChI=1S/C25H35N7O/c1-2-18-14-29-25(30-15-18)32-10-5-20(6-11-32)22-13-21(22)4-7-26-24-27-16-19(17-28-24)12-23(33)31-8-3-9-31/h14-17,20-22H,2-13H2,1H3,(H,26,27,28). The normalized spacial score (nSPS) is 22.7. The van der Waals surface area contributed by atoms with Crippen LogP contribution in [0, 0.1) is 17.8 Å². The second-order valence-corrected chi connectivity index (χ2v) is 9.77. The van der Waals surface area contributed by atoms with Crippen molar-refractivity contribution >= 4 is 17.8 Å². The summed E-state index contributed by atoms with van der Waals surface area (Å²) in [6.45, 7) is 6.96. The van der Waals surface area contributed by atoms with E-state index in [-0.39, 0.29) is 5.91 Å². The molecule has 3 fully saturated rings. The summed E-state index contributed by atoms with van der Waals surface area (Å²) < 4.78 is 0. The topological polar surface area (TPSA) is 87.1 Å². The van der Waals surface area contributed by atoms with E-state index in [1.165, 1.54) is 31.2 Å². The van der Waals surface area contributed by atoms with Gasteiger partial charge in [0.1, 0.15) is 0 Å². The number of rotatable bonds is 9. The first-order chi connectivity index (χ1) is 16.2. The quantitative estimate of drug-likeness (QED) is 0.630. The molecule has 5 rings (SSSR count). The highest BCUT2D eigenvalue weighted by molar-refractivity contribution is 5.79. The lowest BCUT2D eigenvalue weighted by Gasteiger charge is -2.32. The van der Waals surface area contributed by atoms with E-state index in [0.29, 0.717) is 12.4 Å². The van der Waals surface area contributed by atoms with Gasteiger partial charge in [-0.25, -0.2) is 19.9 Å². The zero-order valence-corrected chi connectivity index (χ0v) is 19.6. The predicted molar refractivity (Wildman–Crippen MR) is 128 cm³/mol. The lowest BCUT2D eigenvalue weighted by atomic mass is 9.90. The molecule has 8 heteroatoms. The summed E-state index contributed by atoms with van der Waals surface area (Å²) in [5, 5.41) is 3.36. The van der Waals surface area contributed by atoms with E-state index in [1.807, 2.05) is 17.3 Å². The van der Waals surface area contributed by atoms with E-state index in [4.69, 9.17) is 0 Å². The molecule has 33 heavy (non-hydrogen) atoms. The Hall–Kier alpha value is -2.77. The smallest absolute Gasteiger partial charge is 0.227 e. The fourth-order valence-corrected chi connectivity index (χ4v) is 5.16. The number of carbonyl (C=O) groups is 1. The Morgan fingerprint density at radius 1 is 1.00 bits per heavy atom. The SMILES string of the molecule is CCc1cnc(N2CCC(C3CC3CCNc3ncc(CC(=O)N4CCC4)cn3)CC2)nc1. The summed E-state index contributed by atoms with van der Waals surface area (Å²) in [5.41, 5.74) is 2.08. The summed E-state index contributed by atoms with van der Waals surface area (Å²) in [6.07, 6.45) is 15.0. The predicted octanol–water partition coefficient (Wildman–Crippen LogP) is 2.96. The molecule has 0 aromatic carbocycles. The Balaban J connectivity index is 0.994. The van der Waals surface area contributed by atoms with Crippen molar-refractivity contribution in [1.29, 1.82) is 0 Å². The third kappa shape index (κ3) is 5.42. The summed E-state index contributed by atoms with van der Waals surface area (Å²) in [6, 6.07) is 0. The van der Waals surface area contributed by atoms with Gasteiger partial charge in [-0.05, 0) is 67.4 Å². The van der Waals surface area contributed by atoms with Crippen molar-refractivity contribution in [1.82, 2.24) is 24.8 Å². The summed E-state index contributed by atoms with van der Waals surface area (Å²) in [5.74, 6) is 4.25. The van der Waals surface area contributed by atoms with Gasteiger partial charge in [0.15, 0.2) is 0 Å². The summed E-state index contributed by atoms with van der Waals surface area (Å²) >= 11 is 0. The molecule has 2 aliphatic heterocycles. The van der Waals surface area contributed by atoms with Gasteiger partial charge in [-0.15, -0.1) is 0 Å². The molecule has 0 radical (unpaired) electrons. The Morgan fingerprint density at radius 2 is 1.70 bits per heavy atom. The van der Waals surface area contributed by atoms with Crippen LogP contribution in [0.2, 0.25) is 0 Å². The molecule has 0 spiro atoms. The van der Waals surface area contributed by atoms with Gasteiger partial charge in [0, 0.05) is 57.5 Å². The van der Waals surface area contributed by atoms with Crippen molar-refractivity contribution < 1.29 is 4.79 Å². The molecular formula is C25H35N7O. The van der Waals surface area contributed by atoms with E-state index in [0.717, 1.165) is 74.8 Å². The minimum Gasteiger partial charge on any atom is -0.354 e. The first-order valence-electron chi connectivity index (χ1n) is 12.6. The van der Waals surface area contributed by atoms with Gasteiger partial charge in [0.25, 0.3) is 0 Å². The van der Waals surface area contributed by atoms with E-state index in [9.17, 15) is 4.79 Å². The molecule has 0 bridgehead atoms. The maximum atomic E-state index is 12.1. The van der Waals surface area contributed by atoms with Crippen molar-refractivity contribution in [2.45, 2.75) is 51.9 Å². The molecule has 8 nitrogen and oxygen atoms in total. The van der Waals surface area contributed by atoms with Gasteiger partial charge >= 0.3 is 0 Å². The van der Waals surface area contributed by atoms with Crippen LogP contribution >= 0.6 is 0 Å². The zero-order valence-electron chi connectivity index (χ0n) is 19.6. The van der Waals surface area contributed by atoms with Gasteiger partial charge in [-0.1, -0.05) is 6.92 Å². The van der Waals surface area contributed by atoms with Crippen molar-refractivity contribution in [3.8, 4) is 0 Å². The number of anilines is 2. The number of hydrogen-bond donors (Lipinski definition) is 1. The highest BCUT2D eigenvalue weighted by atomic mass is 16.2. The van der Waals surface area contributed by atoms with Crippen molar-refractivity contribution in [3.63, 3.8) is 0 Å². The Labute approximate surface area is 196 Å². The average molecular weight is 450 g/mol. The van der Waals surface area contributed by atoms with Crippen LogP contribution in [0.4, 0.5) is 11.9 Å². The van der Waals surface area contributed by atoms with E-state index in [1.54, 1.807) is 12.4 Å². The summed E-state index contributed by atoms with van der Waals surface area (Å²) in [4.78, 5) is 34.2.